The molecule has 1 amide bonds. The molecule has 1 aromatic rings. The zero-order chi connectivity index (χ0) is 27.1. The largest absolute Gasteiger partial charge is 0.393 e. The predicted octanol–water partition coefficient (Wildman–Crippen LogP) is 1.94. The van der Waals surface area contributed by atoms with Crippen molar-refractivity contribution in [1.29, 1.82) is 0 Å². The number of carbonyl (C=O) groups is 2. The number of hydroxylamine groups is 1. The molecule has 0 saturated heterocycles. The number of aromatic nitrogens is 1. The summed E-state index contributed by atoms with van der Waals surface area (Å²) in [6.07, 6.45) is 10.7. The van der Waals surface area contributed by atoms with Crippen LogP contribution in [0.15, 0.2) is 47.9 Å². The Morgan fingerprint density at radius 3 is 2.71 bits per heavy atom. The molecule has 9 heteroatoms. The second kappa shape index (κ2) is 10.2. The van der Waals surface area contributed by atoms with Gasteiger partial charge in [0.2, 0.25) is 5.91 Å². The SMILES string of the molecule is C[C@]12C[C@H](O)[C@H]3[C@H](CCC4=CC(NOCC(=O)NCc5ccncc5)=CC[C@]43C)[C@@H]1CC[C@@]2(O)C(=O)CO. The highest BCUT2D eigenvalue weighted by Crippen LogP contribution is 2.67. The quantitative estimate of drug-likeness (QED) is 0.324. The van der Waals surface area contributed by atoms with Gasteiger partial charge >= 0.3 is 0 Å². The van der Waals surface area contributed by atoms with Crippen molar-refractivity contribution in [3.05, 3.63) is 53.5 Å². The van der Waals surface area contributed by atoms with Crippen molar-refractivity contribution in [2.45, 2.75) is 70.6 Å². The fourth-order valence-electron chi connectivity index (χ4n) is 8.15. The average Bonchev–Trinajstić information content (AvgIpc) is 3.18. The number of rotatable bonds is 8. The second-order valence-electron chi connectivity index (χ2n) is 12.0. The molecule has 3 fully saturated rings. The van der Waals surface area contributed by atoms with Crippen molar-refractivity contribution in [1.82, 2.24) is 15.8 Å². The summed E-state index contributed by atoms with van der Waals surface area (Å²) in [4.78, 5) is 34.2. The van der Waals surface area contributed by atoms with Gasteiger partial charge in [0.1, 0.15) is 12.2 Å². The molecule has 0 spiro atoms. The van der Waals surface area contributed by atoms with Gasteiger partial charge in [0.15, 0.2) is 12.4 Å². The van der Waals surface area contributed by atoms with E-state index in [1.54, 1.807) is 12.4 Å². The van der Waals surface area contributed by atoms with Crippen LogP contribution in [0, 0.1) is 28.6 Å². The molecule has 0 aromatic carbocycles. The van der Waals surface area contributed by atoms with Crippen LogP contribution >= 0.6 is 0 Å². The van der Waals surface area contributed by atoms with E-state index in [4.69, 9.17) is 4.84 Å². The van der Waals surface area contributed by atoms with Crippen molar-refractivity contribution in [3.8, 4) is 0 Å². The number of hydrogen-bond acceptors (Lipinski definition) is 8. The van der Waals surface area contributed by atoms with E-state index >= 15 is 0 Å². The number of Topliss-reactive ketones (excluding diaryl/α,β-unsaturated/α-hetero) is 1. The molecular weight excluding hydrogens is 486 g/mol. The minimum absolute atomic E-state index is 0.0184. The first kappa shape index (κ1) is 27.0. The molecule has 5 N–H and O–H groups in total. The highest BCUT2D eigenvalue weighted by molar-refractivity contribution is 5.89. The van der Waals surface area contributed by atoms with Gasteiger partial charge in [0.25, 0.3) is 0 Å². The number of amides is 1. The molecule has 3 saturated carbocycles. The van der Waals surface area contributed by atoms with Crippen molar-refractivity contribution in [2.75, 3.05) is 13.2 Å². The average molecular weight is 526 g/mol. The van der Waals surface area contributed by atoms with Gasteiger partial charge in [-0.25, -0.2) is 0 Å². The first-order valence-corrected chi connectivity index (χ1v) is 13.6. The summed E-state index contributed by atoms with van der Waals surface area (Å²) in [6, 6.07) is 3.69. The summed E-state index contributed by atoms with van der Waals surface area (Å²) in [6.45, 7) is 3.75. The van der Waals surface area contributed by atoms with Crippen LogP contribution in [-0.4, -0.2) is 56.9 Å². The lowest BCUT2D eigenvalue weighted by molar-refractivity contribution is -0.181. The second-order valence-corrected chi connectivity index (χ2v) is 12.0. The molecule has 38 heavy (non-hydrogen) atoms. The number of hydrogen-bond donors (Lipinski definition) is 5. The van der Waals surface area contributed by atoms with E-state index in [-0.39, 0.29) is 35.7 Å². The maximum atomic E-state index is 12.6. The number of pyridine rings is 1. The van der Waals surface area contributed by atoms with Crippen LogP contribution in [0.5, 0.6) is 0 Å². The topological polar surface area (TPSA) is 141 Å². The highest BCUT2D eigenvalue weighted by atomic mass is 16.6. The monoisotopic (exact) mass is 525 g/mol. The molecule has 0 bridgehead atoms. The fraction of sp³-hybridized carbons (Fsp3) is 0.621. The van der Waals surface area contributed by atoms with Crippen LogP contribution in [0.3, 0.4) is 0 Å². The van der Waals surface area contributed by atoms with Crippen molar-refractivity contribution < 1.29 is 29.7 Å². The third kappa shape index (κ3) is 4.39. The zero-order valence-corrected chi connectivity index (χ0v) is 22.2. The Labute approximate surface area is 223 Å². The number of nitrogens with zero attached hydrogens (tertiary/aromatic N) is 1. The summed E-state index contributed by atoms with van der Waals surface area (Å²) >= 11 is 0. The van der Waals surface area contributed by atoms with E-state index < -0.39 is 29.5 Å². The lowest BCUT2D eigenvalue weighted by Gasteiger charge is -2.60. The van der Waals surface area contributed by atoms with E-state index in [0.29, 0.717) is 19.4 Å². The van der Waals surface area contributed by atoms with Crippen molar-refractivity contribution in [3.63, 3.8) is 0 Å². The van der Waals surface area contributed by atoms with Crippen LogP contribution in [0.1, 0.15) is 57.9 Å². The Bertz CT molecular complexity index is 1140. The molecule has 206 valence electrons. The van der Waals surface area contributed by atoms with E-state index in [9.17, 15) is 24.9 Å². The summed E-state index contributed by atoms with van der Waals surface area (Å²) in [5.74, 6) is -0.432. The lowest BCUT2D eigenvalue weighted by Crippen LogP contribution is -2.61. The van der Waals surface area contributed by atoms with E-state index in [1.807, 2.05) is 19.1 Å². The number of carbonyl (C=O) groups excluding carboxylic acids is 2. The minimum atomic E-state index is -1.58. The Morgan fingerprint density at radius 1 is 1.21 bits per heavy atom. The molecule has 0 unspecified atom stereocenters. The third-order valence-corrected chi connectivity index (χ3v) is 10.1. The van der Waals surface area contributed by atoms with Gasteiger partial charge in [0.05, 0.1) is 11.8 Å². The summed E-state index contributed by atoms with van der Waals surface area (Å²) in [5.41, 5.74) is 3.36. The third-order valence-electron chi connectivity index (χ3n) is 10.1. The van der Waals surface area contributed by atoms with Gasteiger partial charge < -0.3 is 20.6 Å². The van der Waals surface area contributed by atoms with Crippen LogP contribution in [0.25, 0.3) is 0 Å². The van der Waals surface area contributed by atoms with E-state index in [1.165, 1.54) is 5.57 Å². The van der Waals surface area contributed by atoms with Gasteiger partial charge in [-0.3, -0.25) is 24.9 Å². The predicted molar refractivity (Wildman–Crippen MR) is 139 cm³/mol. The molecule has 0 radical (unpaired) electrons. The van der Waals surface area contributed by atoms with Crippen LogP contribution in [0.2, 0.25) is 0 Å². The molecule has 4 aliphatic rings. The van der Waals surface area contributed by atoms with Gasteiger partial charge in [-0.2, -0.15) is 0 Å². The van der Waals surface area contributed by atoms with Crippen LogP contribution in [0.4, 0.5) is 0 Å². The van der Waals surface area contributed by atoms with Crippen molar-refractivity contribution >= 4 is 11.7 Å². The van der Waals surface area contributed by atoms with Crippen molar-refractivity contribution in [2.24, 2.45) is 28.6 Å². The molecule has 1 aromatic heterocycles. The first-order valence-electron chi connectivity index (χ1n) is 13.6. The van der Waals surface area contributed by atoms with Gasteiger partial charge in [-0.1, -0.05) is 25.5 Å². The molecule has 5 rings (SSSR count). The van der Waals surface area contributed by atoms with E-state index in [2.05, 4.69) is 34.9 Å². The Morgan fingerprint density at radius 2 is 1.97 bits per heavy atom. The minimum Gasteiger partial charge on any atom is -0.393 e. The van der Waals surface area contributed by atoms with Gasteiger partial charge in [0, 0.05) is 24.4 Å². The zero-order valence-electron chi connectivity index (χ0n) is 22.2. The molecule has 7 atom stereocenters. The molecule has 4 aliphatic carbocycles. The molecule has 1 heterocycles. The standard InChI is InChI=1S/C29H39N3O6/c1-27-9-5-20(32-38-17-25(36)31-15-18-7-11-30-12-8-18)13-19(27)3-4-21-22-6-10-29(37,24(35)16-33)28(22,2)14-23(34)26(21)27/h5,7-8,11-13,21-23,26,32-34,37H,3-4,6,9-10,14-17H2,1-2H3,(H,31,36)/t21-,22+,23+,26-,27-,28+,29-/m1/s1. The lowest BCUT2D eigenvalue weighted by atomic mass is 9.45. The number of nitrogens with one attached hydrogen (secondary N) is 2. The maximum Gasteiger partial charge on any atom is 0.249 e. The molecule has 9 nitrogen and oxygen atoms in total. The van der Waals surface area contributed by atoms with Crippen LogP contribution < -0.4 is 10.8 Å². The first-order chi connectivity index (χ1) is 18.1. The smallest absolute Gasteiger partial charge is 0.249 e. The highest BCUT2D eigenvalue weighted by Gasteiger charge is 2.68. The number of ketones is 1. The summed E-state index contributed by atoms with van der Waals surface area (Å²) < 4.78 is 0. The summed E-state index contributed by atoms with van der Waals surface area (Å²) in [7, 11) is 0. The Kier molecular flexibility index (Phi) is 7.24. The fourth-order valence-corrected chi connectivity index (χ4v) is 8.15. The van der Waals surface area contributed by atoms with E-state index in [0.717, 1.165) is 36.9 Å². The number of allylic oxidation sites excluding steroid dienone is 3. The van der Waals surface area contributed by atoms with Gasteiger partial charge in [-0.15, -0.1) is 0 Å². The number of aliphatic hydroxyl groups excluding tert-OH is 2. The normalized spacial score (nSPS) is 37.7. The Hall–Kier alpha value is -2.59. The Balaban J connectivity index is 1.21. The maximum absolute atomic E-state index is 12.6. The number of fused-ring (bicyclic) bond motifs is 5. The number of aliphatic hydroxyl groups is 3. The molecule has 0 aliphatic heterocycles. The summed E-state index contributed by atoms with van der Waals surface area (Å²) in [5, 5.41) is 35.2. The molecular formula is C29H39N3O6. The van der Waals surface area contributed by atoms with Gasteiger partial charge in [-0.05, 0) is 85.5 Å². The van der Waals surface area contributed by atoms with Crippen LogP contribution in [-0.2, 0) is 21.0 Å².